The van der Waals surface area contributed by atoms with Crippen LogP contribution in [0.25, 0.3) is 0 Å². The molecule has 1 aromatic carbocycles. The number of aromatic nitrogens is 4. The summed E-state index contributed by atoms with van der Waals surface area (Å²) in [5.41, 5.74) is 1.73. The molecule has 0 aliphatic heterocycles. The molecule has 0 N–H and O–H groups in total. The highest BCUT2D eigenvalue weighted by Crippen LogP contribution is 2.13. The Morgan fingerprint density at radius 2 is 2.00 bits per heavy atom. The minimum Gasteiger partial charge on any atom is -0.369 e. The van der Waals surface area contributed by atoms with Gasteiger partial charge in [0.15, 0.2) is 5.82 Å². The fraction of sp³-hybridized carbons (Fsp3) is 0.333. The first-order valence-electron chi connectivity index (χ1n) is 8.17. The summed E-state index contributed by atoms with van der Waals surface area (Å²) in [6.07, 6.45) is 1.67. The molecule has 0 saturated carbocycles. The van der Waals surface area contributed by atoms with Gasteiger partial charge in [0.2, 0.25) is 5.89 Å². The Morgan fingerprint density at radius 1 is 1.24 bits per heavy atom. The molecule has 0 aliphatic rings. The highest BCUT2D eigenvalue weighted by Gasteiger charge is 2.12. The molecule has 3 aromatic rings. The number of benzene rings is 1. The summed E-state index contributed by atoms with van der Waals surface area (Å²) in [5, 5.41) is 8.12. The Kier molecular flexibility index (Phi) is 4.92. The van der Waals surface area contributed by atoms with Crippen molar-refractivity contribution in [2.45, 2.75) is 32.9 Å². The van der Waals surface area contributed by atoms with E-state index in [1.165, 1.54) is 10.2 Å². The fourth-order valence-corrected chi connectivity index (χ4v) is 2.40. The predicted molar refractivity (Wildman–Crippen MR) is 94.5 cm³/mol. The van der Waals surface area contributed by atoms with Crippen LogP contribution in [0.3, 0.4) is 0 Å². The molecular weight excluding hydrogens is 318 g/mol. The smallest absolute Gasteiger partial charge is 0.269 e. The van der Waals surface area contributed by atoms with Gasteiger partial charge >= 0.3 is 0 Å². The van der Waals surface area contributed by atoms with Gasteiger partial charge in [-0.1, -0.05) is 49.3 Å². The van der Waals surface area contributed by atoms with Crippen molar-refractivity contribution >= 4 is 5.69 Å². The zero-order valence-corrected chi connectivity index (χ0v) is 14.6. The van der Waals surface area contributed by atoms with Crippen LogP contribution >= 0.6 is 0 Å². The molecule has 25 heavy (non-hydrogen) atoms. The molecule has 0 saturated heterocycles. The number of hydrogen-bond donors (Lipinski definition) is 0. The number of nitrogens with zero attached hydrogens (tertiary/aromatic N) is 5. The van der Waals surface area contributed by atoms with Crippen LogP contribution in [0.1, 0.15) is 37.0 Å². The Bertz CT molecular complexity index is 886. The molecule has 130 valence electrons. The second kappa shape index (κ2) is 7.29. The molecule has 2 aromatic heterocycles. The van der Waals surface area contributed by atoms with Crippen molar-refractivity contribution in [2.75, 3.05) is 11.9 Å². The summed E-state index contributed by atoms with van der Waals surface area (Å²) in [7, 11) is 1.93. The Labute approximate surface area is 145 Å². The molecule has 7 heteroatoms. The Balaban J connectivity index is 1.72. The number of anilines is 1. The van der Waals surface area contributed by atoms with Crippen LogP contribution in [0.2, 0.25) is 0 Å². The lowest BCUT2D eigenvalue weighted by molar-refractivity contribution is 0.359. The van der Waals surface area contributed by atoms with Gasteiger partial charge in [0, 0.05) is 25.6 Å². The summed E-state index contributed by atoms with van der Waals surface area (Å²) in [4.78, 5) is 18.6. The van der Waals surface area contributed by atoms with E-state index in [2.05, 4.69) is 15.2 Å². The van der Waals surface area contributed by atoms with E-state index in [1.807, 2.05) is 56.1 Å². The molecule has 0 unspecified atom stereocenters. The van der Waals surface area contributed by atoms with E-state index >= 15 is 0 Å². The van der Waals surface area contributed by atoms with Crippen LogP contribution < -0.4 is 10.5 Å². The topological polar surface area (TPSA) is 77.1 Å². The molecule has 0 spiro atoms. The Hall–Kier alpha value is -2.96. The highest BCUT2D eigenvalue weighted by atomic mass is 16.5. The van der Waals surface area contributed by atoms with Crippen molar-refractivity contribution in [3.8, 4) is 0 Å². The largest absolute Gasteiger partial charge is 0.369 e. The van der Waals surface area contributed by atoms with Gasteiger partial charge < -0.3 is 9.42 Å². The van der Waals surface area contributed by atoms with Gasteiger partial charge in [0.05, 0.1) is 11.9 Å². The number of rotatable bonds is 6. The quantitative estimate of drug-likeness (QED) is 0.686. The molecule has 0 radical (unpaired) electrons. The minimum atomic E-state index is -0.201. The monoisotopic (exact) mass is 339 g/mol. The van der Waals surface area contributed by atoms with E-state index < -0.39 is 0 Å². The lowest BCUT2D eigenvalue weighted by Crippen LogP contribution is -2.26. The normalized spacial score (nSPS) is 11.0. The average Bonchev–Trinajstić information content (AvgIpc) is 3.06. The van der Waals surface area contributed by atoms with Crippen molar-refractivity contribution < 1.29 is 4.52 Å². The third kappa shape index (κ3) is 4.12. The molecule has 3 rings (SSSR count). The first-order chi connectivity index (χ1) is 12.0. The summed E-state index contributed by atoms with van der Waals surface area (Å²) in [5.74, 6) is 1.16. The molecule has 2 heterocycles. The van der Waals surface area contributed by atoms with Crippen LogP contribution in [0, 0.1) is 0 Å². The summed E-state index contributed by atoms with van der Waals surface area (Å²) >= 11 is 0. The molecule has 0 aliphatic carbocycles. The van der Waals surface area contributed by atoms with Crippen LogP contribution in [0.5, 0.6) is 0 Å². The summed E-state index contributed by atoms with van der Waals surface area (Å²) in [6, 6.07) is 11.6. The molecule has 0 fully saturated rings. The molecule has 7 nitrogen and oxygen atoms in total. The van der Waals surface area contributed by atoms with E-state index in [0.29, 0.717) is 18.3 Å². The second-order valence-electron chi connectivity index (χ2n) is 6.25. The van der Waals surface area contributed by atoms with Crippen molar-refractivity contribution in [1.82, 2.24) is 19.9 Å². The van der Waals surface area contributed by atoms with E-state index in [4.69, 9.17) is 4.52 Å². The first kappa shape index (κ1) is 16.9. The minimum absolute atomic E-state index is 0.153. The van der Waals surface area contributed by atoms with Gasteiger partial charge in [0.25, 0.3) is 5.56 Å². The SMILES string of the molecule is CC(C)c1nc(Cn2ncc(N(C)Cc3ccccc3)cc2=O)no1. The number of hydrogen-bond acceptors (Lipinski definition) is 6. The standard InChI is InChI=1S/C18H21N5O2/c1-13(2)18-20-16(21-25-18)12-23-17(24)9-15(10-19-23)22(3)11-14-7-5-4-6-8-14/h4-10,13H,11-12H2,1-3H3. The Morgan fingerprint density at radius 3 is 2.64 bits per heavy atom. The molecule has 0 bridgehead atoms. The maximum absolute atomic E-state index is 12.3. The zero-order valence-electron chi connectivity index (χ0n) is 14.6. The van der Waals surface area contributed by atoms with Crippen LogP contribution in [0.15, 0.2) is 51.9 Å². The second-order valence-corrected chi connectivity index (χ2v) is 6.25. The predicted octanol–water partition coefficient (Wildman–Crippen LogP) is 2.43. The van der Waals surface area contributed by atoms with E-state index in [9.17, 15) is 4.79 Å². The van der Waals surface area contributed by atoms with E-state index in [-0.39, 0.29) is 18.0 Å². The lowest BCUT2D eigenvalue weighted by Gasteiger charge is -2.19. The maximum Gasteiger partial charge on any atom is 0.269 e. The van der Waals surface area contributed by atoms with Gasteiger partial charge in [0.1, 0.15) is 6.54 Å². The first-order valence-corrected chi connectivity index (χ1v) is 8.17. The van der Waals surface area contributed by atoms with Gasteiger partial charge in [-0.05, 0) is 5.56 Å². The fourth-order valence-electron chi connectivity index (χ4n) is 2.40. The van der Waals surface area contributed by atoms with E-state index in [0.717, 1.165) is 5.69 Å². The van der Waals surface area contributed by atoms with Gasteiger partial charge in [-0.3, -0.25) is 4.79 Å². The molecular formula is C18H21N5O2. The summed E-state index contributed by atoms with van der Waals surface area (Å²) in [6.45, 7) is 4.84. The van der Waals surface area contributed by atoms with Crippen LogP contribution in [0.4, 0.5) is 5.69 Å². The van der Waals surface area contributed by atoms with Crippen molar-refractivity contribution in [3.63, 3.8) is 0 Å². The van der Waals surface area contributed by atoms with Gasteiger partial charge in [-0.25, -0.2) is 4.68 Å². The van der Waals surface area contributed by atoms with Crippen molar-refractivity contribution in [3.05, 3.63) is 70.2 Å². The highest BCUT2D eigenvalue weighted by molar-refractivity contribution is 5.42. The van der Waals surface area contributed by atoms with E-state index in [1.54, 1.807) is 12.3 Å². The van der Waals surface area contributed by atoms with Gasteiger partial charge in [-0.2, -0.15) is 10.1 Å². The lowest BCUT2D eigenvalue weighted by atomic mass is 10.2. The zero-order chi connectivity index (χ0) is 17.8. The summed E-state index contributed by atoms with van der Waals surface area (Å²) < 4.78 is 6.48. The molecule has 0 atom stereocenters. The third-order valence-corrected chi connectivity index (χ3v) is 3.83. The van der Waals surface area contributed by atoms with Crippen molar-refractivity contribution in [1.29, 1.82) is 0 Å². The average molecular weight is 339 g/mol. The molecule has 0 amide bonds. The van der Waals surface area contributed by atoms with Crippen LogP contribution in [-0.4, -0.2) is 27.0 Å². The van der Waals surface area contributed by atoms with Gasteiger partial charge in [-0.15, -0.1) is 0 Å². The van der Waals surface area contributed by atoms with Crippen molar-refractivity contribution in [2.24, 2.45) is 0 Å². The maximum atomic E-state index is 12.3. The third-order valence-electron chi connectivity index (χ3n) is 3.83. The van der Waals surface area contributed by atoms with Crippen LogP contribution in [-0.2, 0) is 13.1 Å².